The van der Waals surface area contributed by atoms with Crippen LogP contribution in [0.1, 0.15) is 79.6 Å². The molecular weight excluding hydrogens is 336 g/mol. The van der Waals surface area contributed by atoms with Gasteiger partial charge in [0.2, 0.25) is 11.8 Å². The van der Waals surface area contributed by atoms with Crippen molar-refractivity contribution >= 4 is 11.8 Å². The highest BCUT2D eigenvalue weighted by molar-refractivity contribution is 5.81. The minimum absolute atomic E-state index is 0.115. The highest BCUT2D eigenvalue weighted by Crippen LogP contribution is 2.65. The smallest absolute Gasteiger partial charge is 0.224 e. The van der Waals surface area contributed by atoms with Crippen LogP contribution in [0.3, 0.4) is 0 Å². The summed E-state index contributed by atoms with van der Waals surface area (Å²) in [4.78, 5) is 24.9. The molecule has 0 aromatic heterocycles. The molecule has 0 spiro atoms. The molecule has 1 saturated heterocycles. The first-order chi connectivity index (χ1) is 12.5. The standard InChI is InChI=1S/C23H36N2O2/c1-21(2,3)25-20(27)17-8-7-15-14-6-9-18-23(5,13-11-19(26)24-18)16(14)10-12-22(15,17)4/h9,14-17H,6-8,10-13H2,1-5H3,(H,24,26)(H,25,27)/t14?,15?,16?,17-,22+,23-/m1/s1. The van der Waals surface area contributed by atoms with Gasteiger partial charge in [0.25, 0.3) is 0 Å². The Bertz CT molecular complexity index is 691. The maximum Gasteiger partial charge on any atom is 0.224 e. The Morgan fingerprint density at radius 1 is 1.15 bits per heavy atom. The van der Waals surface area contributed by atoms with Crippen molar-refractivity contribution in [1.82, 2.24) is 10.6 Å². The fraction of sp³-hybridized carbons (Fsp3) is 0.826. The lowest BCUT2D eigenvalue weighted by Crippen LogP contribution is -2.54. The molecule has 0 bridgehead atoms. The van der Waals surface area contributed by atoms with Gasteiger partial charge in [-0.1, -0.05) is 19.9 Å². The summed E-state index contributed by atoms with van der Waals surface area (Å²) in [6.07, 6.45) is 9.51. The van der Waals surface area contributed by atoms with Gasteiger partial charge >= 0.3 is 0 Å². The largest absolute Gasteiger partial charge is 0.351 e. The van der Waals surface area contributed by atoms with Gasteiger partial charge in [-0.2, -0.15) is 0 Å². The average Bonchev–Trinajstić information content (AvgIpc) is 2.91. The Kier molecular flexibility index (Phi) is 4.29. The Morgan fingerprint density at radius 2 is 1.89 bits per heavy atom. The second-order valence-electron chi connectivity index (χ2n) is 11.1. The number of carbonyl (C=O) groups excluding carboxylic acids is 2. The highest BCUT2D eigenvalue weighted by Gasteiger charge is 2.60. The summed E-state index contributed by atoms with van der Waals surface area (Å²) in [6, 6.07) is 0. The van der Waals surface area contributed by atoms with E-state index in [-0.39, 0.29) is 34.1 Å². The quantitative estimate of drug-likeness (QED) is 0.726. The minimum Gasteiger partial charge on any atom is -0.351 e. The van der Waals surface area contributed by atoms with E-state index >= 15 is 0 Å². The van der Waals surface area contributed by atoms with Crippen LogP contribution in [0.4, 0.5) is 0 Å². The molecule has 0 aromatic rings. The summed E-state index contributed by atoms with van der Waals surface area (Å²) in [5.74, 6) is 2.50. The predicted octanol–water partition coefficient (Wildman–Crippen LogP) is 4.16. The number of nitrogens with one attached hydrogen (secondary N) is 2. The number of allylic oxidation sites excluding steroid dienone is 2. The number of piperidine rings is 1. The average molecular weight is 373 g/mol. The van der Waals surface area contributed by atoms with Gasteiger partial charge in [-0.05, 0) is 82.5 Å². The van der Waals surface area contributed by atoms with Gasteiger partial charge in [-0.3, -0.25) is 9.59 Å². The third kappa shape index (κ3) is 2.94. The predicted molar refractivity (Wildman–Crippen MR) is 107 cm³/mol. The van der Waals surface area contributed by atoms with Crippen molar-refractivity contribution in [2.45, 2.75) is 85.1 Å². The third-order valence-electron chi connectivity index (χ3n) is 8.43. The molecule has 3 unspecified atom stereocenters. The van der Waals surface area contributed by atoms with Gasteiger partial charge in [0.1, 0.15) is 0 Å². The lowest BCUT2D eigenvalue weighted by molar-refractivity contribution is -0.134. The second-order valence-corrected chi connectivity index (χ2v) is 11.1. The van der Waals surface area contributed by atoms with Crippen LogP contribution in [0.2, 0.25) is 0 Å². The summed E-state index contributed by atoms with van der Waals surface area (Å²) in [5, 5.41) is 6.42. The maximum atomic E-state index is 13.0. The molecular formula is C23H36N2O2. The first kappa shape index (κ1) is 19.0. The van der Waals surface area contributed by atoms with Crippen LogP contribution in [0.5, 0.6) is 0 Å². The zero-order valence-electron chi connectivity index (χ0n) is 17.7. The Balaban J connectivity index is 1.59. The Hall–Kier alpha value is -1.32. The van der Waals surface area contributed by atoms with E-state index in [2.05, 4.69) is 51.3 Å². The first-order valence-corrected chi connectivity index (χ1v) is 10.9. The van der Waals surface area contributed by atoms with E-state index in [9.17, 15) is 9.59 Å². The SMILES string of the molecule is CC(C)(C)NC(=O)[C@H]1CCC2C3CC=C4NC(=O)CC[C@]4(C)C3CC[C@@]21C. The number of hydrogen-bond donors (Lipinski definition) is 2. The lowest BCUT2D eigenvalue weighted by Gasteiger charge is -2.57. The Labute approximate surface area is 163 Å². The monoisotopic (exact) mass is 372 g/mol. The van der Waals surface area contributed by atoms with E-state index < -0.39 is 0 Å². The van der Waals surface area contributed by atoms with Crippen LogP contribution in [-0.4, -0.2) is 17.4 Å². The lowest BCUT2D eigenvalue weighted by atomic mass is 9.49. The maximum absolute atomic E-state index is 13.0. The molecule has 150 valence electrons. The third-order valence-corrected chi connectivity index (χ3v) is 8.43. The van der Waals surface area contributed by atoms with E-state index in [4.69, 9.17) is 0 Å². The molecule has 1 aliphatic heterocycles. The summed E-state index contributed by atoms with van der Waals surface area (Å²) in [7, 11) is 0. The van der Waals surface area contributed by atoms with E-state index in [0.717, 1.165) is 25.7 Å². The summed E-state index contributed by atoms with van der Waals surface area (Å²) in [6.45, 7) is 11.0. The van der Waals surface area contributed by atoms with E-state index in [1.807, 2.05) is 0 Å². The molecule has 0 aromatic carbocycles. The van der Waals surface area contributed by atoms with Crippen molar-refractivity contribution in [1.29, 1.82) is 0 Å². The molecule has 4 aliphatic rings. The summed E-state index contributed by atoms with van der Waals surface area (Å²) in [5.41, 5.74) is 1.25. The van der Waals surface area contributed by atoms with Crippen LogP contribution in [0.15, 0.2) is 11.8 Å². The number of fused-ring (bicyclic) bond motifs is 5. The van der Waals surface area contributed by atoms with Crippen molar-refractivity contribution in [2.24, 2.45) is 34.5 Å². The van der Waals surface area contributed by atoms with Crippen molar-refractivity contribution in [3.05, 3.63) is 11.8 Å². The van der Waals surface area contributed by atoms with Crippen LogP contribution in [0, 0.1) is 34.5 Å². The second kappa shape index (κ2) is 6.09. The molecule has 4 nitrogen and oxygen atoms in total. The number of amides is 2. The normalized spacial score (nSPS) is 43.7. The zero-order chi connectivity index (χ0) is 19.6. The molecule has 6 atom stereocenters. The van der Waals surface area contributed by atoms with Crippen molar-refractivity contribution in [3.8, 4) is 0 Å². The van der Waals surface area contributed by atoms with Gasteiger partial charge in [0.05, 0.1) is 0 Å². The van der Waals surface area contributed by atoms with E-state index in [0.29, 0.717) is 24.2 Å². The van der Waals surface area contributed by atoms with Gasteiger partial charge in [0.15, 0.2) is 0 Å². The molecule has 3 fully saturated rings. The zero-order valence-corrected chi connectivity index (χ0v) is 17.7. The molecule has 1 heterocycles. The van der Waals surface area contributed by atoms with Crippen LogP contribution in [0.25, 0.3) is 0 Å². The first-order valence-electron chi connectivity index (χ1n) is 10.9. The molecule has 2 amide bonds. The van der Waals surface area contributed by atoms with Crippen molar-refractivity contribution in [2.75, 3.05) is 0 Å². The van der Waals surface area contributed by atoms with Crippen LogP contribution in [-0.2, 0) is 9.59 Å². The van der Waals surface area contributed by atoms with Crippen molar-refractivity contribution in [3.63, 3.8) is 0 Å². The Morgan fingerprint density at radius 3 is 2.59 bits per heavy atom. The molecule has 2 N–H and O–H groups in total. The molecule has 3 aliphatic carbocycles. The van der Waals surface area contributed by atoms with Gasteiger partial charge < -0.3 is 10.6 Å². The molecule has 4 rings (SSSR count). The fourth-order valence-electron chi connectivity index (χ4n) is 7.08. The molecule has 2 saturated carbocycles. The van der Waals surface area contributed by atoms with E-state index in [1.165, 1.54) is 18.5 Å². The molecule has 0 radical (unpaired) electrons. The van der Waals surface area contributed by atoms with Crippen LogP contribution < -0.4 is 10.6 Å². The summed E-state index contributed by atoms with van der Waals surface area (Å²) < 4.78 is 0. The molecule has 4 heteroatoms. The van der Waals surface area contributed by atoms with E-state index in [1.54, 1.807) is 0 Å². The fourth-order valence-corrected chi connectivity index (χ4v) is 7.08. The summed E-state index contributed by atoms with van der Waals surface area (Å²) >= 11 is 0. The van der Waals surface area contributed by atoms with Crippen LogP contribution >= 0.6 is 0 Å². The minimum atomic E-state index is -0.168. The van der Waals surface area contributed by atoms with Gasteiger partial charge in [-0.25, -0.2) is 0 Å². The van der Waals surface area contributed by atoms with Crippen molar-refractivity contribution < 1.29 is 9.59 Å². The topological polar surface area (TPSA) is 58.2 Å². The molecule has 27 heavy (non-hydrogen) atoms. The number of hydrogen-bond acceptors (Lipinski definition) is 2. The van der Waals surface area contributed by atoms with Gasteiger partial charge in [-0.15, -0.1) is 0 Å². The number of rotatable bonds is 1. The highest BCUT2D eigenvalue weighted by atomic mass is 16.2. The number of carbonyl (C=O) groups is 2. The van der Waals surface area contributed by atoms with Gasteiger partial charge in [0, 0.05) is 29.0 Å².